The lowest BCUT2D eigenvalue weighted by Gasteiger charge is -2.09. The molecule has 0 aliphatic rings. The molecule has 0 spiro atoms. The number of para-hydroxylation sites is 1. The van der Waals surface area contributed by atoms with Crippen LogP contribution in [-0.4, -0.2) is 24.5 Å². The minimum atomic E-state index is -3.79. The number of nitrogens with zero attached hydrogens (tertiary/aromatic N) is 2. The predicted octanol–water partition coefficient (Wildman–Crippen LogP) is 2.59. The zero-order valence-electron chi connectivity index (χ0n) is 12.2. The zero-order chi connectivity index (χ0) is 17.0. The van der Waals surface area contributed by atoms with Gasteiger partial charge in [0.05, 0.1) is 4.90 Å². The first-order valence-electron chi connectivity index (χ1n) is 6.80. The predicted molar refractivity (Wildman–Crippen MR) is 91.6 cm³/mol. The fourth-order valence-corrected chi connectivity index (χ4v) is 3.47. The first-order chi connectivity index (χ1) is 11.5. The number of benzene rings is 2. The van der Waals surface area contributed by atoms with Gasteiger partial charge < -0.3 is 0 Å². The second-order valence-corrected chi connectivity index (χ2v) is 7.21. The Labute approximate surface area is 142 Å². The molecule has 122 valence electrons. The third-order valence-electron chi connectivity index (χ3n) is 3.01. The largest absolute Gasteiger partial charge is 0.296 e. The Hall–Kier alpha value is -2.78. The molecule has 7 nitrogen and oxygen atoms in total. The topological polar surface area (TPSA) is 101 Å². The maximum atomic E-state index is 12.4. The smallest absolute Gasteiger partial charge is 0.261 e. The monoisotopic (exact) mass is 360 g/mol. The summed E-state index contributed by atoms with van der Waals surface area (Å²) in [5.74, 6) is -0.455. The summed E-state index contributed by atoms with van der Waals surface area (Å²) in [6.45, 7) is 0. The van der Waals surface area contributed by atoms with E-state index in [0.717, 1.165) is 0 Å². The van der Waals surface area contributed by atoms with E-state index < -0.39 is 15.9 Å². The molecule has 0 saturated carbocycles. The number of amides is 1. The van der Waals surface area contributed by atoms with Crippen molar-refractivity contribution in [2.24, 2.45) is 0 Å². The van der Waals surface area contributed by atoms with Gasteiger partial charge in [-0.3, -0.25) is 14.8 Å². The lowest BCUT2D eigenvalue weighted by molar-refractivity contribution is 0.102. The number of anilines is 2. The number of carbonyl (C=O) groups is 1. The molecule has 3 aromatic rings. The number of carbonyl (C=O) groups excluding carboxylic acids is 1. The van der Waals surface area contributed by atoms with Crippen LogP contribution in [0.15, 0.2) is 65.0 Å². The van der Waals surface area contributed by atoms with Crippen molar-refractivity contribution in [3.05, 3.63) is 65.7 Å². The molecule has 24 heavy (non-hydrogen) atoms. The van der Waals surface area contributed by atoms with Crippen molar-refractivity contribution in [3.8, 4) is 0 Å². The van der Waals surface area contributed by atoms with Gasteiger partial charge in [0.15, 0.2) is 0 Å². The van der Waals surface area contributed by atoms with Crippen LogP contribution in [0.5, 0.6) is 0 Å². The van der Waals surface area contributed by atoms with Gasteiger partial charge in [0.1, 0.15) is 5.51 Å². The van der Waals surface area contributed by atoms with Crippen molar-refractivity contribution in [2.75, 3.05) is 10.0 Å². The van der Waals surface area contributed by atoms with Gasteiger partial charge in [-0.2, -0.15) is 0 Å². The molecule has 2 aromatic carbocycles. The Morgan fingerprint density at radius 2 is 1.83 bits per heavy atom. The summed E-state index contributed by atoms with van der Waals surface area (Å²) in [6.07, 6.45) is 0. The summed E-state index contributed by atoms with van der Waals surface area (Å²) < 4.78 is 27.3. The third-order valence-corrected chi connectivity index (χ3v) is 5.00. The van der Waals surface area contributed by atoms with Crippen molar-refractivity contribution in [1.82, 2.24) is 10.2 Å². The Bertz CT molecular complexity index is 942. The number of rotatable bonds is 5. The van der Waals surface area contributed by atoms with E-state index in [1.54, 1.807) is 30.3 Å². The molecule has 0 aliphatic heterocycles. The van der Waals surface area contributed by atoms with Crippen LogP contribution >= 0.6 is 11.3 Å². The van der Waals surface area contributed by atoms with E-state index in [2.05, 4.69) is 20.2 Å². The van der Waals surface area contributed by atoms with Crippen LogP contribution in [-0.2, 0) is 10.0 Å². The second kappa shape index (κ2) is 6.77. The number of hydrogen-bond acceptors (Lipinski definition) is 6. The molecule has 0 saturated heterocycles. The van der Waals surface area contributed by atoms with Crippen LogP contribution in [0.1, 0.15) is 10.4 Å². The van der Waals surface area contributed by atoms with Crippen LogP contribution in [0.2, 0.25) is 0 Å². The van der Waals surface area contributed by atoms with E-state index in [0.29, 0.717) is 10.8 Å². The Kier molecular flexibility index (Phi) is 4.54. The van der Waals surface area contributed by atoms with Crippen molar-refractivity contribution >= 4 is 38.1 Å². The lowest BCUT2D eigenvalue weighted by Crippen LogP contribution is -2.15. The van der Waals surface area contributed by atoms with Crippen molar-refractivity contribution in [1.29, 1.82) is 0 Å². The number of aromatic nitrogens is 2. The van der Waals surface area contributed by atoms with Gasteiger partial charge in [-0.25, -0.2) is 8.42 Å². The van der Waals surface area contributed by atoms with E-state index in [-0.39, 0.29) is 10.5 Å². The maximum Gasteiger partial charge on any atom is 0.261 e. The van der Waals surface area contributed by atoms with Gasteiger partial charge in [-0.15, -0.1) is 10.2 Å². The SMILES string of the molecule is O=C(Nc1nncs1)c1cccc(S(=O)(=O)Nc2ccccc2)c1. The third kappa shape index (κ3) is 3.76. The molecule has 1 heterocycles. The summed E-state index contributed by atoms with van der Waals surface area (Å²) in [4.78, 5) is 12.2. The van der Waals surface area contributed by atoms with Gasteiger partial charge in [-0.1, -0.05) is 35.6 Å². The van der Waals surface area contributed by atoms with Gasteiger partial charge in [0, 0.05) is 11.3 Å². The fraction of sp³-hybridized carbons (Fsp3) is 0. The minimum absolute atomic E-state index is 0.00346. The molecule has 1 aromatic heterocycles. The first kappa shape index (κ1) is 16.1. The van der Waals surface area contributed by atoms with E-state index in [4.69, 9.17) is 0 Å². The first-order valence-corrected chi connectivity index (χ1v) is 9.16. The summed E-state index contributed by atoms with van der Waals surface area (Å²) >= 11 is 1.17. The summed E-state index contributed by atoms with van der Waals surface area (Å²) in [6, 6.07) is 14.3. The molecule has 1 amide bonds. The van der Waals surface area contributed by atoms with Gasteiger partial charge in [-0.05, 0) is 30.3 Å². The van der Waals surface area contributed by atoms with Crippen molar-refractivity contribution in [2.45, 2.75) is 4.90 Å². The van der Waals surface area contributed by atoms with Crippen LogP contribution in [0, 0.1) is 0 Å². The quantitative estimate of drug-likeness (QED) is 0.728. The highest BCUT2D eigenvalue weighted by atomic mass is 32.2. The molecule has 0 bridgehead atoms. The summed E-state index contributed by atoms with van der Waals surface area (Å²) in [7, 11) is -3.79. The Morgan fingerprint density at radius 3 is 2.54 bits per heavy atom. The fourth-order valence-electron chi connectivity index (χ4n) is 1.92. The van der Waals surface area contributed by atoms with E-state index in [1.165, 1.54) is 41.1 Å². The van der Waals surface area contributed by atoms with Gasteiger partial charge in [0.2, 0.25) is 5.13 Å². The zero-order valence-corrected chi connectivity index (χ0v) is 13.8. The highest BCUT2D eigenvalue weighted by Crippen LogP contribution is 2.18. The molecule has 2 N–H and O–H groups in total. The van der Waals surface area contributed by atoms with E-state index in [9.17, 15) is 13.2 Å². The Balaban J connectivity index is 1.83. The van der Waals surface area contributed by atoms with Crippen LogP contribution in [0.25, 0.3) is 0 Å². The van der Waals surface area contributed by atoms with Crippen LogP contribution in [0.3, 0.4) is 0 Å². The molecular formula is C15H12N4O3S2. The molecule has 3 rings (SSSR count). The lowest BCUT2D eigenvalue weighted by atomic mass is 10.2. The standard InChI is InChI=1S/C15H12N4O3S2/c20-14(17-15-18-16-10-23-15)11-5-4-8-13(9-11)24(21,22)19-12-6-2-1-3-7-12/h1-10,19H,(H,17,18,20). The molecular weight excluding hydrogens is 348 g/mol. The van der Waals surface area contributed by atoms with E-state index in [1.807, 2.05) is 0 Å². The summed E-state index contributed by atoms with van der Waals surface area (Å²) in [5, 5.41) is 10.2. The highest BCUT2D eigenvalue weighted by molar-refractivity contribution is 7.92. The van der Waals surface area contributed by atoms with Gasteiger partial charge >= 0.3 is 0 Å². The maximum absolute atomic E-state index is 12.4. The molecule has 0 fully saturated rings. The number of sulfonamides is 1. The van der Waals surface area contributed by atoms with E-state index >= 15 is 0 Å². The molecule has 0 radical (unpaired) electrons. The average Bonchev–Trinajstić information content (AvgIpc) is 3.08. The Morgan fingerprint density at radius 1 is 1.04 bits per heavy atom. The van der Waals surface area contributed by atoms with Crippen LogP contribution in [0.4, 0.5) is 10.8 Å². The molecule has 0 aliphatic carbocycles. The van der Waals surface area contributed by atoms with Crippen molar-refractivity contribution < 1.29 is 13.2 Å². The van der Waals surface area contributed by atoms with Crippen LogP contribution < -0.4 is 10.0 Å². The normalized spacial score (nSPS) is 11.0. The van der Waals surface area contributed by atoms with Crippen molar-refractivity contribution in [3.63, 3.8) is 0 Å². The molecule has 0 atom stereocenters. The average molecular weight is 360 g/mol. The second-order valence-electron chi connectivity index (χ2n) is 4.70. The molecule has 0 unspecified atom stereocenters. The molecule has 9 heteroatoms. The minimum Gasteiger partial charge on any atom is -0.296 e. The number of hydrogen-bond donors (Lipinski definition) is 2. The number of nitrogens with one attached hydrogen (secondary N) is 2. The summed E-state index contributed by atoms with van der Waals surface area (Å²) in [5.41, 5.74) is 2.14. The van der Waals surface area contributed by atoms with Gasteiger partial charge in [0.25, 0.3) is 15.9 Å². The highest BCUT2D eigenvalue weighted by Gasteiger charge is 2.17.